The summed E-state index contributed by atoms with van der Waals surface area (Å²) in [5, 5.41) is 3.85. The Kier molecular flexibility index (Phi) is 5.45. The second-order valence-corrected chi connectivity index (χ2v) is 5.90. The molecule has 1 aliphatic rings. The van der Waals surface area contributed by atoms with Gasteiger partial charge in [0.1, 0.15) is 0 Å². The van der Waals surface area contributed by atoms with Gasteiger partial charge in [-0.25, -0.2) is 0 Å². The lowest BCUT2D eigenvalue weighted by molar-refractivity contribution is 0.289. The average Bonchev–Trinajstić information content (AvgIpc) is 2.87. The number of hydrogen-bond donors (Lipinski definition) is 1. The molecule has 0 radical (unpaired) electrons. The first-order chi connectivity index (χ1) is 9.31. The van der Waals surface area contributed by atoms with Gasteiger partial charge in [-0.1, -0.05) is 57.9 Å². The zero-order valence-corrected chi connectivity index (χ0v) is 12.8. The highest BCUT2D eigenvalue weighted by molar-refractivity contribution is 5.36. The van der Waals surface area contributed by atoms with Crippen molar-refractivity contribution < 1.29 is 0 Å². The first kappa shape index (κ1) is 14.6. The zero-order chi connectivity index (χ0) is 13.7. The summed E-state index contributed by atoms with van der Waals surface area (Å²) < 4.78 is 0. The Bertz CT molecular complexity index is 381. The number of fused-ring (bicyclic) bond motifs is 1. The van der Waals surface area contributed by atoms with Crippen molar-refractivity contribution in [1.29, 1.82) is 0 Å². The lowest BCUT2D eigenvalue weighted by atomic mass is 9.81. The molecule has 0 bridgehead atoms. The molecule has 1 aromatic rings. The smallest absolute Gasteiger partial charge is 0.0164 e. The zero-order valence-electron chi connectivity index (χ0n) is 12.8. The Labute approximate surface area is 118 Å². The minimum Gasteiger partial charge on any atom is -0.313 e. The van der Waals surface area contributed by atoms with Crippen LogP contribution in [0.4, 0.5) is 0 Å². The summed E-state index contributed by atoms with van der Waals surface area (Å²) in [5.74, 6) is 1.54. The van der Waals surface area contributed by atoms with Crippen molar-refractivity contribution in [2.45, 2.75) is 64.8 Å². The standard InChI is InChI=1S/C18H29N/c1-4-13-19-18(14(5-2)6-3)17-12-11-15-9-7-8-10-16(15)17/h7-10,14,17-19H,4-6,11-13H2,1-3H3. The monoisotopic (exact) mass is 259 g/mol. The Morgan fingerprint density at radius 2 is 1.89 bits per heavy atom. The molecule has 0 aromatic heterocycles. The third kappa shape index (κ3) is 3.20. The number of rotatable bonds is 7. The Hall–Kier alpha value is -0.820. The van der Waals surface area contributed by atoms with Crippen LogP contribution in [0.5, 0.6) is 0 Å². The molecular formula is C18H29N. The second-order valence-electron chi connectivity index (χ2n) is 5.90. The fourth-order valence-corrected chi connectivity index (χ4v) is 3.71. The SMILES string of the molecule is CCCNC(C(CC)CC)C1CCc2ccccc21. The van der Waals surface area contributed by atoms with E-state index in [0.717, 1.165) is 18.4 Å². The summed E-state index contributed by atoms with van der Waals surface area (Å²) in [6.45, 7) is 8.10. The Morgan fingerprint density at radius 3 is 2.58 bits per heavy atom. The molecule has 0 saturated carbocycles. The van der Waals surface area contributed by atoms with Gasteiger partial charge in [0.25, 0.3) is 0 Å². The van der Waals surface area contributed by atoms with Crippen LogP contribution in [0, 0.1) is 5.92 Å². The summed E-state index contributed by atoms with van der Waals surface area (Å²) in [6, 6.07) is 9.74. The van der Waals surface area contributed by atoms with Gasteiger partial charge in [0.15, 0.2) is 0 Å². The Balaban J connectivity index is 2.19. The van der Waals surface area contributed by atoms with E-state index in [2.05, 4.69) is 50.4 Å². The minimum absolute atomic E-state index is 0.665. The van der Waals surface area contributed by atoms with E-state index in [1.807, 2.05) is 0 Å². The second kappa shape index (κ2) is 7.09. The van der Waals surface area contributed by atoms with Crippen molar-refractivity contribution in [3.63, 3.8) is 0 Å². The summed E-state index contributed by atoms with van der Waals surface area (Å²) in [5.41, 5.74) is 3.20. The number of hydrogen-bond acceptors (Lipinski definition) is 1. The molecule has 1 heteroatoms. The van der Waals surface area contributed by atoms with Crippen LogP contribution in [0.15, 0.2) is 24.3 Å². The van der Waals surface area contributed by atoms with E-state index in [9.17, 15) is 0 Å². The van der Waals surface area contributed by atoms with Crippen LogP contribution in [0.25, 0.3) is 0 Å². The van der Waals surface area contributed by atoms with E-state index in [1.165, 1.54) is 32.1 Å². The Morgan fingerprint density at radius 1 is 1.16 bits per heavy atom. The van der Waals surface area contributed by atoms with E-state index in [1.54, 1.807) is 11.1 Å². The molecular weight excluding hydrogens is 230 g/mol. The molecule has 19 heavy (non-hydrogen) atoms. The predicted molar refractivity (Wildman–Crippen MR) is 83.7 cm³/mol. The van der Waals surface area contributed by atoms with Gasteiger partial charge < -0.3 is 5.32 Å². The molecule has 1 aromatic carbocycles. The van der Waals surface area contributed by atoms with Gasteiger partial charge >= 0.3 is 0 Å². The van der Waals surface area contributed by atoms with Crippen molar-refractivity contribution in [2.24, 2.45) is 5.92 Å². The summed E-state index contributed by atoms with van der Waals surface area (Å²) in [4.78, 5) is 0. The van der Waals surface area contributed by atoms with Gasteiger partial charge in [-0.15, -0.1) is 0 Å². The van der Waals surface area contributed by atoms with Crippen LogP contribution in [0.1, 0.15) is 63.5 Å². The van der Waals surface area contributed by atoms with Crippen molar-refractivity contribution in [2.75, 3.05) is 6.54 Å². The highest BCUT2D eigenvalue weighted by Crippen LogP contribution is 2.38. The average molecular weight is 259 g/mol. The normalized spacial score (nSPS) is 19.7. The molecule has 0 spiro atoms. The van der Waals surface area contributed by atoms with Gasteiger partial charge in [0, 0.05) is 12.0 Å². The van der Waals surface area contributed by atoms with E-state index in [-0.39, 0.29) is 0 Å². The summed E-state index contributed by atoms with van der Waals surface area (Å²) in [7, 11) is 0. The minimum atomic E-state index is 0.665. The maximum absolute atomic E-state index is 3.85. The number of aryl methyl sites for hydroxylation is 1. The lowest BCUT2D eigenvalue weighted by Crippen LogP contribution is -2.40. The molecule has 1 aliphatic carbocycles. The van der Waals surface area contributed by atoms with E-state index in [0.29, 0.717) is 6.04 Å². The van der Waals surface area contributed by atoms with Crippen LogP contribution >= 0.6 is 0 Å². The maximum Gasteiger partial charge on any atom is 0.0164 e. The molecule has 0 fully saturated rings. The van der Waals surface area contributed by atoms with E-state index in [4.69, 9.17) is 0 Å². The van der Waals surface area contributed by atoms with E-state index < -0.39 is 0 Å². The summed E-state index contributed by atoms with van der Waals surface area (Å²) >= 11 is 0. The molecule has 2 atom stereocenters. The van der Waals surface area contributed by atoms with Gasteiger partial charge in [-0.2, -0.15) is 0 Å². The predicted octanol–water partition coefficient (Wildman–Crippen LogP) is 4.52. The maximum atomic E-state index is 3.85. The fraction of sp³-hybridized carbons (Fsp3) is 0.667. The molecule has 0 aliphatic heterocycles. The molecule has 0 saturated heterocycles. The van der Waals surface area contributed by atoms with Gasteiger partial charge in [-0.3, -0.25) is 0 Å². The molecule has 0 amide bonds. The van der Waals surface area contributed by atoms with Crippen LogP contribution in [-0.2, 0) is 6.42 Å². The highest BCUT2D eigenvalue weighted by atomic mass is 14.9. The van der Waals surface area contributed by atoms with Crippen LogP contribution < -0.4 is 5.32 Å². The molecule has 0 heterocycles. The molecule has 1 N–H and O–H groups in total. The molecule has 2 rings (SSSR count). The van der Waals surface area contributed by atoms with Crippen LogP contribution in [0.2, 0.25) is 0 Å². The van der Waals surface area contributed by atoms with Crippen molar-refractivity contribution >= 4 is 0 Å². The third-order valence-corrected chi connectivity index (χ3v) is 4.80. The van der Waals surface area contributed by atoms with Crippen LogP contribution in [-0.4, -0.2) is 12.6 Å². The van der Waals surface area contributed by atoms with Gasteiger partial charge in [-0.05, 0) is 42.9 Å². The fourth-order valence-electron chi connectivity index (χ4n) is 3.71. The largest absolute Gasteiger partial charge is 0.313 e. The van der Waals surface area contributed by atoms with Gasteiger partial charge in [0.05, 0.1) is 0 Å². The topological polar surface area (TPSA) is 12.0 Å². The van der Waals surface area contributed by atoms with Crippen molar-refractivity contribution in [1.82, 2.24) is 5.32 Å². The third-order valence-electron chi connectivity index (χ3n) is 4.80. The lowest BCUT2D eigenvalue weighted by Gasteiger charge is -2.32. The van der Waals surface area contributed by atoms with Crippen molar-refractivity contribution in [3.8, 4) is 0 Å². The first-order valence-electron chi connectivity index (χ1n) is 8.12. The highest BCUT2D eigenvalue weighted by Gasteiger charge is 2.32. The molecule has 2 unspecified atom stereocenters. The van der Waals surface area contributed by atoms with Crippen molar-refractivity contribution in [3.05, 3.63) is 35.4 Å². The first-order valence-corrected chi connectivity index (χ1v) is 8.12. The number of nitrogens with one attached hydrogen (secondary N) is 1. The molecule has 1 nitrogen and oxygen atoms in total. The van der Waals surface area contributed by atoms with E-state index >= 15 is 0 Å². The van der Waals surface area contributed by atoms with Crippen LogP contribution in [0.3, 0.4) is 0 Å². The summed E-state index contributed by atoms with van der Waals surface area (Å²) in [6.07, 6.45) is 6.40. The molecule has 106 valence electrons. The quantitative estimate of drug-likeness (QED) is 0.759. The van der Waals surface area contributed by atoms with Gasteiger partial charge in [0.2, 0.25) is 0 Å². The number of benzene rings is 1.